The Labute approximate surface area is 166 Å². The number of carbonyl (C=O) groups excluding carboxylic acids is 1. The zero-order valence-corrected chi connectivity index (χ0v) is 16.4. The first-order chi connectivity index (χ1) is 13.1. The van der Waals surface area contributed by atoms with Gasteiger partial charge in [0.2, 0.25) is 5.91 Å². The van der Waals surface area contributed by atoms with Crippen molar-refractivity contribution >= 4 is 35.1 Å². The zero-order chi connectivity index (χ0) is 19.2. The highest BCUT2D eigenvalue weighted by Crippen LogP contribution is 2.19. The Hall–Kier alpha value is -2.58. The Morgan fingerprint density at radius 3 is 2.89 bits per heavy atom. The first-order valence-electron chi connectivity index (χ1n) is 8.24. The van der Waals surface area contributed by atoms with E-state index in [4.69, 9.17) is 11.6 Å². The van der Waals surface area contributed by atoms with Crippen LogP contribution in [0.15, 0.2) is 54.5 Å². The second-order valence-electron chi connectivity index (χ2n) is 5.78. The molecule has 0 bridgehead atoms. The first kappa shape index (κ1) is 19.2. The molecule has 0 saturated carbocycles. The molecule has 3 heterocycles. The standard InChI is InChI=1S/C18H19ClN6OS/c1-3-8-25-16(10-14-5-4-9-24(14)2)22-23-18(25)27-12-17(26)21-15-7-6-13(19)11-20-15/h3-7,9,11H,1,8,10,12H2,2H3,(H,20,21,26). The van der Waals surface area contributed by atoms with Crippen molar-refractivity contribution in [3.8, 4) is 0 Å². The summed E-state index contributed by atoms with van der Waals surface area (Å²) in [5.41, 5.74) is 1.14. The molecule has 0 saturated heterocycles. The number of pyridine rings is 1. The molecule has 140 valence electrons. The van der Waals surface area contributed by atoms with Gasteiger partial charge in [0.05, 0.1) is 10.8 Å². The molecule has 0 radical (unpaired) electrons. The van der Waals surface area contributed by atoms with Crippen molar-refractivity contribution in [1.82, 2.24) is 24.3 Å². The van der Waals surface area contributed by atoms with E-state index in [1.807, 2.05) is 34.5 Å². The van der Waals surface area contributed by atoms with E-state index < -0.39 is 0 Å². The van der Waals surface area contributed by atoms with Crippen LogP contribution >= 0.6 is 23.4 Å². The van der Waals surface area contributed by atoms with E-state index in [2.05, 4.69) is 27.1 Å². The third-order valence-corrected chi connectivity index (χ3v) is 5.01. The predicted octanol–water partition coefficient (Wildman–Crippen LogP) is 3.17. The number of allylic oxidation sites excluding steroid dienone is 1. The lowest BCUT2D eigenvalue weighted by Gasteiger charge is -2.08. The second-order valence-corrected chi connectivity index (χ2v) is 7.16. The van der Waals surface area contributed by atoms with Crippen molar-refractivity contribution in [3.05, 3.63) is 65.9 Å². The quantitative estimate of drug-likeness (QED) is 0.462. The highest BCUT2D eigenvalue weighted by Gasteiger charge is 2.15. The third-order valence-electron chi connectivity index (χ3n) is 3.82. The number of aromatic nitrogens is 5. The lowest BCUT2D eigenvalue weighted by atomic mass is 10.3. The first-order valence-corrected chi connectivity index (χ1v) is 9.60. The lowest BCUT2D eigenvalue weighted by molar-refractivity contribution is -0.113. The highest BCUT2D eigenvalue weighted by molar-refractivity contribution is 7.99. The molecule has 7 nitrogen and oxygen atoms in total. The SMILES string of the molecule is C=CCn1c(Cc2cccn2C)nnc1SCC(=O)Nc1ccc(Cl)cn1. The van der Waals surface area contributed by atoms with Gasteiger partial charge in [0.1, 0.15) is 11.6 Å². The van der Waals surface area contributed by atoms with E-state index in [-0.39, 0.29) is 11.7 Å². The molecule has 0 aromatic carbocycles. The van der Waals surface area contributed by atoms with Crippen molar-refractivity contribution in [2.24, 2.45) is 7.05 Å². The van der Waals surface area contributed by atoms with E-state index in [0.717, 1.165) is 11.5 Å². The van der Waals surface area contributed by atoms with E-state index in [9.17, 15) is 4.79 Å². The molecule has 27 heavy (non-hydrogen) atoms. The number of thioether (sulfide) groups is 1. The van der Waals surface area contributed by atoms with Gasteiger partial charge in [0.25, 0.3) is 0 Å². The maximum Gasteiger partial charge on any atom is 0.236 e. The van der Waals surface area contributed by atoms with Crippen LogP contribution in [-0.2, 0) is 24.8 Å². The lowest BCUT2D eigenvalue weighted by Crippen LogP contribution is -2.15. The largest absolute Gasteiger partial charge is 0.354 e. The van der Waals surface area contributed by atoms with Crippen molar-refractivity contribution in [2.75, 3.05) is 11.1 Å². The van der Waals surface area contributed by atoms with Gasteiger partial charge in [-0.3, -0.25) is 4.79 Å². The summed E-state index contributed by atoms with van der Waals surface area (Å²) in [6.45, 7) is 4.38. The number of nitrogens with one attached hydrogen (secondary N) is 1. The Morgan fingerprint density at radius 2 is 2.22 bits per heavy atom. The number of nitrogens with zero attached hydrogens (tertiary/aromatic N) is 5. The van der Waals surface area contributed by atoms with Crippen molar-refractivity contribution < 1.29 is 4.79 Å². The van der Waals surface area contributed by atoms with Crippen LogP contribution < -0.4 is 5.32 Å². The molecular formula is C18H19ClN6OS. The average Bonchev–Trinajstić information content (AvgIpc) is 3.23. The number of carbonyl (C=O) groups is 1. The number of amides is 1. The van der Waals surface area contributed by atoms with Gasteiger partial charge in [-0.2, -0.15) is 0 Å². The summed E-state index contributed by atoms with van der Waals surface area (Å²) in [5, 5.41) is 12.5. The smallest absolute Gasteiger partial charge is 0.236 e. The van der Waals surface area contributed by atoms with Crippen LogP contribution in [0, 0.1) is 0 Å². The van der Waals surface area contributed by atoms with Gasteiger partial charge >= 0.3 is 0 Å². The summed E-state index contributed by atoms with van der Waals surface area (Å²) >= 11 is 7.12. The van der Waals surface area contributed by atoms with Crippen molar-refractivity contribution in [1.29, 1.82) is 0 Å². The summed E-state index contributed by atoms with van der Waals surface area (Å²) in [7, 11) is 1.99. The molecule has 9 heteroatoms. The Balaban J connectivity index is 1.65. The number of hydrogen-bond acceptors (Lipinski definition) is 5. The fourth-order valence-corrected chi connectivity index (χ4v) is 3.35. The van der Waals surface area contributed by atoms with Crippen molar-refractivity contribution in [2.45, 2.75) is 18.1 Å². The van der Waals surface area contributed by atoms with Crippen LogP contribution in [0.2, 0.25) is 5.02 Å². The minimum absolute atomic E-state index is 0.174. The molecule has 0 aliphatic rings. The predicted molar refractivity (Wildman–Crippen MR) is 107 cm³/mol. The van der Waals surface area contributed by atoms with E-state index >= 15 is 0 Å². The van der Waals surface area contributed by atoms with Gasteiger partial charge in [-0.25, -0.2) is 4.98 Å². The number of hydrogen-bond donors (Lipinski definition) is 1. The Morgan fingerprint density at radius 1 is 1.37 bits per heavy atom. The van der Waals surface area contributed by atoms with Crippen LogP contribution in [0.1, 0.15) is 11.5 Å². The molecule has 0 spiro atoms. The summed E-state index contributed by atoms with van der Waals surface area (Å²) in [6.07, 6.45) is 5.93. The molecule has 0 fully saturated rings. The van der Waals surface area contributed by atoms with Crippen LogP contribution in [0.25, 0.3) is 0 Å². The van der Waals surface area contributed by atoms with Gasteiger partial charge in [0.15, 0.2) is 5.16 Å². The van der Waals surface area contributed by atoms with Gasteiger partial charge < -0.3 is 14.5 Å². The molecule has 1 N–H and O–H groups in total. The van der Waals surface area contributed by atoms with E-state index in [1.54, 1.807) is 18.2 Å². The van der Waals surface area contributed by atoms with Gasteiger partial charge in [-0.1, -0.05) is 29.4 Å². The van der Waals surface area contributed by atoms with Gasteiger partial charge in [-0.05, 0) is 24.3 Å². The maximum absolute atomic E-state index is 12.2. The second kappa shape index (κ2) is 8.88. The molecule has 0 atom stereocenters. The Bertz CT molecular complexity index is 934. The number of rotatable bonds is 8. The minimum Gasteiger partial charge on any atom is -0.354 e. The number of halogens is 1. The third kappa shape index (κ3) is 4.99. The van der Waals surface area contributed by atoms with Crippen molar-refractivity contribution in [3.63, 3.8) is 0 Å². The topological polar surface area (TPSA) is 77.6 Å². The molecule has 0 aliphatic heterocycles. The summed E-state index contributed by atoms with van der Waals surface area (Å²) in [4.78, 5) is 16.2. The van der Waals surface area contributed by atoms with Gasteiger partial charge in [0, 0.05) is 38.1 Å². The molecule has 0 aliphatic carbocycles. The Kier molecular flexibility index (Phi) is 6.31. The fourth-order valence-electron chi connectivity index (χ4n) is 2.47. The van der Waals surface area contributed by atoms with E-state index in [1.165, 1.54) is 18.0 Å². The fraction of sp³-hybridized carbons (Fsp3) is 0.222. The summed E-state index contributed by atoms with van der Waals surface area (Å²) < 4.78 is 4.02. The minimum atomic E-state index is -0.174. The maximum atomic E-state index is 12.2. The number of anilines is 1. The highest BCUT2D eigenvalue weighted by atomic mass is 35.5. The normalized spacial score (nSPS) is 10.7. The van der Waals surface area contributed by atoms with Crippen LogP contribution in [0.4, 0.5) is 5.82 Å². The van der Waals surface area contributed by atoms with Crippen LogP contribution in [0.5, 0.6) is 0 Å². The number of aryl methyl sites for hydroxylation is 1. The summed E-state index contributed by atoms with van der Waals surface area (Å²) in [6, 6.07) is 7.37. The van der Waals surface area contributed by atoms with Gasteiger partial charge in [-0.15, -0.1) is 16.8 Å². The molecule has 3 rings (SSSR count). The monoisotopic (exact) mass is 402 g/mol. The molecule has 1 amide bonds. The zero-order valence-electron chi connectivity index (χ0n) is 14.8. The van der Waals surface area contributed by atoms with E-state index in [0.29, 0.717) is 29.0 Å². The average molecular weight is 403 g/mol. The molecule has 3 aromatic heterocycles. The molecule has 3 aromatic rings. The molecular weight excluding hydrogens is 384 g/mol. The van der Waals surface area contributed by atoms with Crippen LogP contribution in [-0.4, -0.2) is 36.0 Å². The molecule has 0 unspecified atom stereocenters. The van der Waals surface area contributed by atoms with Crippen LogP contribution in [0.3, 0.4) is 0 Å². The summed E-state index contributed by atoms with van der Waals surface area (Å²) in [5.74, 6) is 1.32.